The number of hydrogen-bond acceptors (Lipinski definition) is 6. The van der Waals surface area contributed by atoms with Gasteiger partial charge in [0.1, 0.15) is 0 Å². The molecule has 2 fully saturated rings. The van der Waals surface area contributed by atoms with Gasteiger partial charge in [-0.1, -0.05) is 19.9 Å². The van der Waals surface area contributed by atoms with E-state index >= 15 is 0 Å². The summed E-state index contributed by atoms with van der Waals surface area (Å²) in [4.78, 5) is 5.78. The van der Waals surface area contributed by atoms with Crippen LogP contribution < -0.4 is 4.80 Å². The fraction of sp³-hybridized carbons (Fsp3) is 0.500. The van der Waals surface area contributed by atoms with Crippen molar-refractivity contribution in [3.8, 4) is 0 Å². The SMILES string of the molecule is Cc1csc(=Nc2ccc(S(=O)(=O)N3CCOCC3)cc2)n1N=CC1=CCC2CC1C2(C)C. The van der Waals surface area contributed by atoms with Crippen LogP contribution in [0.4, 0.5) is 5.69 Å². The van der Waals surface area contributed by atoms with Gasteiger partial charge in [0.15, 0.2) is 0 Å². The van der Waals surface area contributed by atoms with Crippen LogP contribution in [0.3, 0.4) is 0 Å². The van der Waals surface area contributed by atoms with E-state index in [1.165, 1.54) is 27.6 Å². The molecule has 1 aliphatic heterocycles. The van der Waals surface area contributed by atoms with E-state index in [4.69, 9.17) is 14.8 Å². The zero-order valence-corrected chi connectivity index (χ0v) is 20.9. The van der Waals surface area contributed by atoms with E-state index in [1.54, 1.807) is 24.3 Å². The van der Waals surface area contributed by atoms with E-state index in [0.29, 0.717) is 43.3 Å². The monoisotopic (exact) mass is 486 g/mol. The molecule has 0 N–H and O–H groups in total. The van der Waals surface area contributed by atoms with Crippen molar-refractivity contribution in [3.63, 3.8) is 0 Å². The Balaban J connectivity index is 1.38. The molecule has 0 radical (unpaired) electrons. The average Bonchev–Trinajstić information content (AvgIpc) is 3.17. The number of ether oxygens (including phenoxy) is 1. The molecule has 2 atom stereocenters. The average molecular weight is 487 g/mol. The van der Waals surface area contributed by atoms with Crippen LogP contribution in [0.25, 0.3) is 0 Å². The first-order valence-corrected chi connectivity index (χ1v) is 13.7. The quantitative estimate of drug-likeness (QED) is 0.601. The molecule has 33 heavy (non-hydrogen) atoms. The van der Waals surface area contributed by atoms with Gasteiger partial charge < -0.3 is 4.74 Å². The second-order valence-electron chi connectivity index (χ2n) is 9.58. The minimum atomic E-state index is -3.51. The maximum Gasteiger partial charge on any atom is 0.243 e. The Kier molecular flexibility index (Phi) is 5.93. The summed E-state index contributed by atoms with van der Waals surface area (Å²) in [6.07, 6.45) is 6.73. The maximum absolute atomic E-state index is 12.8. The van der Waals surface area contributed by atoms with Crippen LogP contribution in [-0.2, 0) is 14.8 Å². The molecule has 1 saturated carbocycles. The van der Waals surface area contributed by atoms with Gasteiger partial charge in [0, 0.05) is 18.5 Å². The smallest absolute Gasteiger partial charge is 0.243 e. The van der Waals surface area contributed by atoms with Crippen molar-refractivity contribution >= 4 is 33.3 Å². The molecule has 3 aliphatic carbocycles. The number of fused-ring (bicyclic) bond motifs is 1. The first-order chi connectivity index (χ1) is 15.8. The van der Waals surface area contributed by atoms with Crippen LogP contribution in [0.1, 0.15) is 32.4 Å². The zero-order chi connectivity index (χ0) is 23.2. The molecule has 9 heteroatoms. The molecule has 2 bridgehead atoms. The van der Waals surface area contributed by atoms with Gasteiger partial charge in [-0.15, -0.1) is 11.3 Å². The van der Waals surface area contributed by atoms with Crippen molar-refractivity contribution in [2.24, 2.45) is 27.3 Å². The van der Waals surface area contributed by atoms with Crippen molar-refractivity contribution in [2.45, 2.75) is 38.5 Å². The van der Waals surface area contributed by atoms with E-state index in [1.807, 2.05) is 23.2 Å². The highest BCUT2D eigenvalue weighted by Gasteiger charge is 2.50. The number of benzene rings is 1. The van der Waals surface area contributed by atoms with Gasteiger partial charge in [-0.2, -0.15) is 9.41 Å². The van der Waals surface area contributed by atoms with E-state index in [2.05, 4.69) is 19.9 Å². The molecule has 4 aliphatic rings. The zero-order valence-electron chi connectivity index (χ0n) is 19.3. The number of rotatable bonds is 5. The topological polar surface area (TPSA) is 76.3 Å². The highest BCUT2D eigenvalue weighted by atomic mass is 32.2. The third-order valence-electron chi connectivity index (χ3n) is 7.35. The Bertz CT molecular complexity index is 1260. The normalized spacial score (nSPS) is 25.8. The summed E-state index contributed by atoms with van der Waals surface area (Å²) >= 11 is 1.52. The minimum Gasteiger partial charge on any atom is -0.379 e. The first-order valence-electron chi connectivity index (χ1n) is 11.4. The lowest BCUT2D eigenvalue weighted by Crippen LogP contribution is -2.48. The fourth-order valence-corrected chi connectivity index (χ4v) is 7.24. The molecule has 0 spiro atoms. The molecular weight excluding hydrogens is 456 g/mol. The Hall–Kier alpha value is -2.07. The Morgan fingerprint density at radius 3 is 2.58 bits per heavy atom. The van der Waals surface area contributed by atoms with Gasteiger partial charge in [-0.3, -0.25) is 0 Å². The lowest BCUT2D eigenvalue weighted by Gasteiger charge is -2.55. The molecule has 1 aromatic carbocycles. The number of allylic oxidation sites excluding steroid dienone is 2. The molecule has 2 unspecified atom stereocenters. The number of aryl methyl sites for hydroxylation is 1. The standard InChI is InChI=1S/C24H30N4O3S2/c1-17-16-32-23(28(17)25-15-18-4-5-19-14-22(18)24(19,2)3)26-20-6-8-21(9-7-20)33(29,30)27-10-12-31-13-11-27/h4,6-9,15-16,19,22H,5,10-14H2,1-3H3. The Morgan fingerprint density at radius 1 is 1.18 bits per heavy atom. The molecule has 2 aromatic rings. The number of morpholine rings is 1. The minimum absolute atomic E-state index is 0.280. The third-order valence-corrected chi connectivity index (χ3v) is 10.2. The molecule has 7 nitrogen and oxygen atoms in total. The molecule has 6 rings (SSSR count). The van der Waals surface area contributed by atoms with Crippen LogP contribution in [0, 0.1) is 24.2 Å². The summed E-state index contributed by atoms with van der Waals surface area (Å²) in [5.41, 5.74) is 3.40. The summed E-state index contributed by atoms with van der Waals surface area (Å²) in [7, 11) is -3.51. The second kappa shape index (κ2) is 8.61. The summed E-state index contributed by atoms with van der Waals surface area (Å²) in [5, 5.41) is 6.80. The van der Waals surface area contributed by atoms with Crippen LogP contribution >= 0.6 is 11.3 Å². The molecule has 1 saturated heterocycles. The van der Waals surface area contributed by atoms with E-state index < -0.39 is 10.0 Å². The predicted molar refractivity (Wildman–Crippen MR) is 130 cm³/mol. The molecular formula is C24H30N4O3S2. The van der Waals surface area contributed by atoms with Crippen molar-refractivity contribution in [2.75, 3.05) is 26.3 Å². The van der Waals surface area contributed by atoms with E-state index in [0.717, 1.165) is 22.8 Å². The van der Waals surface area contributed by atoms with Crippen LogP contribution in [0.15, 0.2) is 56.3 Å². The lowest BCUT2D eigenvalue weighted by molar-refractivity contribution is -0.00127. The second-order valence-corrected chi connectivity index (χ2v) is 12.4. The summed E-state index contributed by atoms with van der Waals surface area (Å²) in [5.74, 6) is 1.39. The van der Waals surface area contributed by atoms with Crippen molar-refractivity contribution in [3.05, 3.63) is 51.8 Å². The molecule has 176 valence electrons. The Morgan fingerprint density at radius 2 is 1.91 bits per heavy atom. The van der Waals surface area contributed by atoms with Gasteiger partial charge in [-0.05, 0) is 66.9 Å². The van der Waals surface area contributed by atoms with Gasteiger partial charge in [0.2, 0.25) is 14.8 Å². The van der Waals surface area contributed by atoms with Crippen LogP contribution in [0.2, 0.25) is 0 Å². The third kappa shape index (κ3) is 4.16. The molecule has 2 heterocycles. The van der Waals surface area contributed by atoms with Crippen LogP contribution in [-0.4, -0.2) is 49.9 Å². The molecule has 0 amide bonds. The highest BCUT2D eigenvalue weighted by molar-refractivity contribution is 7.89. The highest BCUT2D eigenvalue weighted by Crippen LogP contribution is 2.58. The Labute approximate surface area is 199 Å². The first kappa shape index (κ1) is 22.7. The van der Waals surface area contributed by atoms with Gasteiger partial charge in [0.05, 0.1) is 35.7 Å². The summed E-state index contributed by atoms with van der Waals surface area (Å²) in [6.45, 7) is 8.37. The lowest BCUT2D eigenvalue weighted by atomic mass is 9.49. The molecule has 1 aromatic heterocycles. The summed E-state index contributed by atoms with van der Waals surface area (Å²) in [6, 6.07) is 6.74. The largest absolute Gasteiger partial charge is 0.379 e. The number of nitrogens with zero attached hydrogens (tertiary/aromatic N) is 4. The van der Waals surface area contributed by atoms with Gasteiger partial charge in [0.25, 0.3) is 0 Å². The van der Waals surface area contributed by atoms with E-state index in [9.17, 15) is 8.42 Å². The fourth-order valence-electron chi connectivity index (χ4n) is 5.01. The predicted octanol–water partition coefficient (Wildman–Crippen LogP) is 3.94. The van der Waals surface area contributed by atoms with Gasteiger partial charge in [-0.25, -0.2) is 18.1 Å². The number of thiazole rings is 1. The van der Waals surface area contributed by atoms with Crippen molar-refractivity contribution < 1.29 is 13.2 Å². The van der Waals surface area contributed by atoms with Gasteiger partial charge >= 0.3 is 0 Å². The van der Waals surface area contributed by atoms with Crippen LogP contribution in [0.5, 0.6) is 0 Å². The number of hydrogen-bond donors (Lipinski definition) is 0. The maximum atomic E-state index is 12.8. The van der Waals surface area contributed by atoms with Crippen molar-refractivity contribution in [1.29, 1.82) is 0 Å². The van der Waals surface area contributed by atoms with E-state index in [-0.39, 0.29) is 4.90 Å². The number of aromatic nitrogens is 1. The van der Waals surface area contributed by atoms with Crippen molar-refractivity contribution in [1.82, 2.24) is 8.98 Å². The summed E-state index contributed by atoms with van der Waals surface area (Å²) < 4.78 is 34.3. The number of sulfonamides is 1.